The summed E-state index contributed by atoms with van der Waals surface area (Å²) in [6.07, 6.45) is 4.15. The molecule has 1 aromatic rings. The molecule has 188 valence electrons. The number of rotatable bonds is 10. The van der Waals surface area contributed by atoms with Gasteiger partial charge in [0.1, 0.15) is 0 Å². The van der Waals surface area contributed by atoms with Gasteiger partial charge in [0.15, 0.2) is 18.1 Å². The minimum Gasteiger partial charge on any atom is -0.490 e. The van der Waals surface area contributed by atoms with Gasteiger partial charge in [0, 0.05) is 51.4 Å². The smallest absolute Gasteiger partial charge is 0.260 e. The van der Waals surface area contributed by atoms with E-state index in [0.717, 1.165) is 38.8 Å². The first-order valence-electron chi connectivity index (χ1n) is 12.5. The van der Waals surface area contributed by atoms with Crippen molar-refractivity contribution in [1.82, 2.24) is 20.0 Å². The van der Waals surface area contributed by atoms with Gasteiger partial charge in [0.25, 0.3) is 11.8 Å². The SMILES string of the molecule is CCCNC(=O)CN1CCN(C(=O)c2ccc(OCC(=O)N3CCCCC3)c(OCC)c2)CC1. The Morgan fingerprint density at radius 3 is 2.29 bits per heavy atom. The van der Waals surface area contributed by atoms with E-state index in [1.807, 2.05) is 18.7 Å². The summed E-state index contributed by atoms with van der Waals surface area (Å²) in [5.41, 5.74) is 0.521. The van der Waals surface area contributed by atoms with Crippen LogP contribution in [-0.4, -0.2) is 98.0 Å². The number of amides is 3. The predicted octanol–water partition coefficient (Wildman–Crippen LogP) is 1.76. The topological polar surface area (TPSA) is 91.4 Å². The predicted molar refractivity (Wildman–Crippen MR) is 129 cm³/mol. The quantitative estimate of drug-likeness (QED) is 0.556. The zero-order chi connectivity index (χ0) is 24.3. The lowest BCUT2D eigenvalue weighted by Gasteiger charge is -2.34. The molecule has 9 nitrogen and oxygen atoms in total. The van der Waals surface area contributed by atoms with Crippen molar-refractivity contribution in [3.63, 3.8) is 0 Å². The van der Waals surface area contributed by atoms with E-state index < -0.39 is 0 Å². The molecule has 0 saturated carbocycles. The number of carbonyl (C=O) groups excluding carboxylic acids is 3. The molecule has 0 aliphatic carbocycles. The third-order valence-corrected chi connectivity index (χ3v) is 6.15. The molecule has 2 heterocycles. The molecule has 9 heteroatoms. The van der Waals surface area contributed by atoms with Gasteiger partial charge < -0.3 is 24.6 Å². The van der Waals surface area contributed by atoms with Crippen LogP contribution in [0.15, 0.2) is 18.2 Å². The maximum absolute atomic E-state index is 13.1. The Balaban J connectivity index is 1.55. The molecule has 3 rings (SSSR count). The number of carbonyl (C=O) groups is 3. The molecule has 34 heavy (non-hydrogen) atoms. The first-order valence-corrected chi connectivity index (χ1v) is 12.5. The molecular formula is C25H38N4O5. The molecule has 2 aliphatic rings. The van der Waals surface area contributed by atoms with E-state index in [9.17, 15) is 14.4 Å². The van der Waals surface area contributed by atoms with Crippen LogP contribution in [0, 0.1) is 0 Å². The molecule has 1 aromatic carbocycles. The fraction of sp³-hybridized carbons (Fsp3) is 0.640. The van der Waals surface area contributed by atoms with E-state index in [1.165, 1.54) is 0 Å². The molecule has 2 aliphatic heterocycles. The lowest BCUT2D eigenvalue weighted by molar-refractivity contribution is -0.134. The molecule has 1 N–H and O–H groups in total. The number of likely N-dealkylation sites (tertiary alicyclic amines) is 1. The summed E-state index contributed by atoms with van der Waals surface area (Å²) >= 11 is 0. The lowest BCUT2D eigenvalue weighted by Crippen LogP contribution is -2.51. The van der Waals surface area contributed by atoms with Crippen LogP contribution in [0.1, 0.15) is 49.9 Å². The second-order valence-corrected chi connectivity index (χ2v) is 8.74. The zero-order valence-electron chi connectivity index (χ0n) is 20.5. The molecule has 2 fully saturated rings. The molecule has 0 bridgehead atoms. The Hall–Kier alpha value is -2.81. The number of piperidine rings is 1. The fourth-order valence-electron chi connectivity index (χ4n) is 4.22. The first-order chi connectivity index (χ1) is 16.5. The van der Waals surface area contributed by atoms with Crippen molar-refractivity contribution >= 4 is 17.7 Å². The molecular weight excluding hydrogens is 436 g/mol. The summed E-state index contributed by atoms with van der Waals surface area (Å²) in [5.74, 6) is 0.852. The van der Waals surface area contributed by atoms with E-state index >= 15 is 0 Å². The number of nitrogens with zero attached hydrogens (tertiary/aromatic N) is 3. The van der Waals surface area contributed by atoms with Crippen molar-refractivity contribution in [1.29, 1.82) is 0 Å². The molecule has 0 unspecified atom stereocenters. The molecule has 3 amide bonds. The Morgan fingerprint density at radius 2 is 1.62 bits per heavy atom. The van der Waals surface area contributed by atoms with E-state index in [4.69, 9.17) is 9.47 Å². The van der Waals surface area contributed by atoms with Gasteiger partial charge in [0.2, 0.25) is 5.91 Å². The van der Waals surface area contributed by atoms with Crippen LogP contribution in [0.3, 0.4) is 0 Å². The van der Waals surface area contributed by atoms with Crippen LogP contribution in [0.4, 0.5) is 0 Å². The summed E-state index contributed by atoms with van der Waals surface area (Å²) in [6, 6.07) is 5.11. The number of ether oxygens (including phenoxy) is 2. The maximum atomic E-state index is 13.1. The molecule has 0 atom stereocenters. The van der Waals surface area contributed by atoms with Gasteiger partial charge in [-0.15, -0.1) is 0 Å². The fourth-order valence-corrected chi connectivity index (χ4v) is 4.22. The third kappa shape index (κ3) is 7.35. The Labute approximate surface area is 202 Å². The molecule has 0 radical (unpaired) electrons. The van der Waals surface area contributed by atoms with Gasteiger partial charge in [-0.2, -0.15) is 0 Å². The Kier molecular flexibility index (Phi) is 10.00. The third-order valence-electron chi connectivity index (χ3n) is 6.15. The summed E-state index contributed by atoms with van der Waals surface area (Å²) in [7, 11) is 0. The van der Waals surface area contributed by atoms with E-state index in [-0.39, 0.29) is 24.3 Å². The monoisotopic (exact) mass is 474 g/mol. The standard InChI is InChI=1S/C25H38N4O5/c1-3-10-26-23(30)18-27-13-15-29(16-14-27)25(32)20-8-9-21(22(17-20)33-4-2)34-19-24(31)28-11-6-5-7-12-28/h8-9,17H,3-7,10-16,18-19H2,1-2H3,(H,26,30). The summed E-state index contributed by atoms with van der Waals surface area (Å²) < 4.78 is 11.5. The van der Waals surface area contributed by atoms with Gasteiger partial charge in [0.05, 0.1) is 13.2 Å². The summed E-state index contributed by atoms with van der Waals surface area (Å²) in [5, 5.41) is 2.89. The highest BCUT2D eigenvalue weighted by Crippen LogP contribution is 2.29. The van der Waals surface area contributed by atoms with E-state index in [2.05, 4.69) is 10.2 Å². The Bertz CT molecular complexity index is 833. The average Bonchev–Trinajstić information content (AvgIpc) is 2.87. The first kappa shape index (κ1) is 25.8. The summed E-state index contributed by atoms with van der Waals surface area (Å²) in [4.78, 5) is 43.2. The molecule has 2 saturated heterocycles. The van der Waals surface area contributed by atoms with Gasteiger partial charge in [-0.25, -0.2) is 0 Å². The second-order valence-electron chi connectivity index (χ2n) is 8.74. The number of hydrogen-bond acceptors (Lipinski definition) is 6. The average molecular weight is 475 g/mol. The van der Waals surface area contributed by atoms with Gasteiger partial charge in [-0.3, -0.25) is 19.3 Å². The van der Waals surface area contributed by atoms with Crippen LogP contribution in [0.2, 0.25) is 0 Å². The van der Waals surface area contributed by atoms with Crippen LogP contribution >= 0.6 is 0 Å². The van der Waals surface area contributed by atoms with Crippen molar-refractivity contribution in [2.45, 2.75) is 39.5 Å². The van der Waals surface area contributed by atoms with E-state index in [0.29, 0.717) is 62.9 Å². The van der Waals surface area contributed by atoms with Crippen LogP contribution in [0.25, 0.3) is 0 Å². The van der Waals surface area contributed by atoms with Crippen LogP contribution in [0.5, 0.6) is 11.5 Å². The van der Waals surface area contributed by atoms with Gasteiger partial charge in [-0.1, -0.05) is 6.92 Å². The van der Waals surface area contributed by atoms with Crippen LogP contribution < -0.4 is 14.8 Å². The number of benzene rings is 1. The highest BCUT2D eigenvalue weighted by atomic mass is 16.5. The van der Waals surface area contributed by atoms with Gasteiger partial charge >= 0.3 is 0 Å². The van der Waals surface area contributed by atoms with Crippen molar-refractivity contribution in [2.75, 3.05) is 65.6 Å². The highest BCUT2D eigenvalue weighted by molar-refractivity contribution is 5.95. The van der Waals surface area contributed by atoms with Crippen molar-refractivity contribution in [2.24, 2.45) is 0 Å². The summed E-state index contributed by atoms with van der Waals surface area (Å²) in [6.45, 7) is 9.32. The number of nitrogens with one attached hydrogen (secondary N) is 1. The number of piperazine rings is 1. The van der Waals surface area contributed by atoms with Crippen molar-refractivity contribution in [3.8, 4) is 11.5 Å². The highest BCUT2D eigenvalue weighted by Gasteiger charge is 2.24. The molecule has 0 aromatic heterocycles. The van der Waals surface area contributed by atoms with E-state index in [1.54, 1.807) is 23.1 Å². The maximum Gasteiger partial charge on any atom is 0.260 e. The minimum atomic E-state index is -0.0769. The lowest BCUT2D eigenvalue weighted by atomic mass is 10.1. The minimum absolute atomic E-state index is 0.0245. The zero-order valence-corrected chi connectivity index (χ0v) is 20.5. The Morgan fingerprint density at radius 1 is 0.882 bits per heavy atom. The molecule has 0 spiro atoms. The second kappa shape index (κ2) is 13.2. The largest absolute Gasteiger partial charge is 0.490 e. The van der Waals surface area contributed by atoms with Crippen molar-refractivity contribution < 1.29 is 23.9 Å². The van der Waals surface area contributed by atoms with Gasteiger partial charge in [-0.05, 0) is 50.8 Å². The number of hydrogen-bond donors (Lipinski definition) is 1. The van der Waals surface area contributed by atoms with Crippen molar-refractivity contribution in [3.05, 3.63) is 23.8 Å². The van der Waals surface area contributed by atoms with Crippen LogP contribution in [-0.2, 0) is 9.59 Å². The normalized spacial score (nSPS) is 16.8.